The molecule has 9 heteroatoms. The fourth-order valence-electron chi connectivity index (χ4n) is 4.33. The summed E-state index contributed by atoms with van der Waals surface area (Å²) in [5, 5.41) is -0.628. The first kappa shape index (κ1) is 23.6. The lowest BCUT2D eigenvalue weighted by molar-refractivity contribution is 0.0935. The Bertz CT molecular complexity index is 996. The van der Waals surface area contributed by atoms with Gasteiger partial charge in [0.05, 0.1) is 48.8 Å². The summed E-state index contributed by atoms with van der Waals surface area (Å²) >= 11 is 3.67. The second kappa shape index (κ2) is 10.2. The van der Waals surface area contributed by atoms with Crippen molar-refractivity contribution >= 4 is 33.4 Å². The molecule has 4 rings (SSSR count). The zero-order valence-corrected chi connectivity index (χ0v) is 20.8. The van der Waals surface area contributed by atoms with E-state index in [4.69, 9.17) is 18.9 Å². The highest BCUT2D eigenvalue weighted by molar-refractivity contribution is 8.17. The smallest absolute Gasteiger partial charge is 0.203 e. The standard InChI is InChI=1S/C23H28O6S3/c1-26-17-12-15(13-18(27-2)22(17)28-3)21-20(23-30-10-7-11-31-23)19(14-29-21)32(24,25)16-8-5-4-6-9-16/h4-6,8-9,12-13,19-21,23H,7,10-11,14H2,1-3H3/t19-,20-,21+/m0/s1. The summed E-state index contributed by atoms with van der Waals surface area (Å²) < 4.78 is 50.2. The highest BCUT2D eigenvalue weighted by Gasteiger charge is 2.50. The molecule has 0 amide bonds. The van der Waals surface area contributed by atoms with Crippen LogP contribution in [0.4, 0.5) is 0 Å². The Labute approximate surface area is 198 Å². The minimum absolute atomic E-state index is 0.124. The highest BCUT2D eigenvalue weighted by atomic mass is 32.2. The Hall–Kier alpha value is -1.55. The highest BCUT2D eigenvalue weighted by Crippen LogP contribution is 2.51. The van der Waals surface area contributed by atoms with Gasteiger partial charge < -0.3 is 18.9 Å². The number of hydrogen-bond acceptors (Lipinski definition) is 8. The van der Waals surface area contributed by atoms with Gasteiger partial charge in [-0.15, -0.1) is 23.5 Å². The van der Waals surface area contributed by atoms with Crippen LogP contribution in [-0.2, 0) is 14.6 Å². The van der Waals surface area contributed by atoms with Gasteiger partial charge in [-0.3, -0.25) is 0 Å². The van der Waals surface area contributed by atoms with Crippen molar-refractivity contribution in [2.45, 2.75) is 27.3 Å². The van der Waals surface area contributed by atoms with Gasteiger partial charge in [-0.05, 0) is 47.8 Å². The Morgan fingerprint density at radius 1 is 0.938 bits per heavy atom. The number of rotatable bonds is 7. The third-order valence-corrected chi connectivity index (χ3v) is 11.2. The Kier molecular flexibility index (Phi) is 7.49. The molecule has 0 unspecified atom stereocenters. The number of sulfone groups is 1. The first-order valence-corrected chi connectivity index (χ1v) is 14.1. The van der Waals surface area contributed by atoms with Gasteiger partial charge in [0.2, 0.25) is 5.75 Å². The maximum Gasteiger partial charge on any atom is 0.203 e. The summed E-state index contributed by atoms with van der Waals surface area (Å²) in [5.41, 5.74) is 0.835. The molecule has 0 spiro atoms. The fourth-order valence-corrected chi connectivity index (χ4v) is 9.72. The van der Waals surface area contributed by atoms with Gasteiger partial charge in [0.1, 0.15) is 0 Å². The summed E-state index contributed by atoms with van der Waals surface area (Å²) in [7, 11) is 1.15. The molecule has 0 aromatic heterocycles. The van der Waals surface area contributed by atoms with E-state index in [1.807, 2.05) is 41.7 Å². The second-order valence-electron chi connectivity index (χ2n) is 7.65. The van der Waals surface area contributed by atoms with E-state index in [-0.39, 0.29) is 17.1 Å². The third kappa shape index (κ3) is 4.44. The monoisotopic (exact) mass is 496 g/mol. The summed E-state index contributed by atoms with van der Waals surface area (Å²) in [5.74, 6) is 3.40. The van der Waals surface area contributed by atoms with Crippen LogP contribution in [0.2, 0.25) is 0 Å². The largest absolute Gasteiger partial charge is 0.493 e. The van der Waals surface area contributed by atoms with Crippen LogP contribution in [0.3, 0.4) is 0 Å². The van der Waals surface area contributed by atoms with Gasteiger partial charge in [-0.25, -0.2) is 8.42 Å². The van der Waals surface area contributed by atoms with Crippen LogP contribution < -0.4 is 14.2 Å². The number of ether oxygens (including phenoxy) is 4. The molecule has 0 bridgehead atoms. The number of hydrogen-bond donors (Lipinski definition) is 0. The molecule has 2 saturated heterocycles. The molecule has 2 fully saturated rings. The summed E-state index contributed by atoms with van der Waals surface area (Å²) in [6.07, 6.45) is 0.736. The maximum atomic E-state index is 13.6. The van der Waals surface area contributed by atoms with Crippen LogP contribution in [-0.4, -0.2) is 57.7 Å². The Morgan fingerprint density at radius 2 is 1.56 bits per heavy atom. The molecule has 0 aliphatic carbocycles. The van der Waals surface area contributed by atoms with Gasteiger partial charge >= 0.3 is 0 Å². The van der Waals surface area contributed by atoms with Crippen LogP contribution in [0.5, 0.6) is 17.2 Å². The van der Waals surface area contributed by atoms with Crippen molar-refractivity contribution in [1.29, 1.82) is 0 Å². The predicted octanol–water partition coefficient (Wildman–Crippen LogP) is 4.44. The van der Waals surface area contributed by atoms with E-state index in [9.17, 15) is 8.42 Å². The summed E-state index contributed by atoms with van der Waals surface area (Å²) in [6, 6.07) is 12.4. The van der Waals surface area contributed by atoms with E-state index in [1.54, 1.807) is 45.6 Å². The van der Waals surface area contributed by atoms with Crippen molar-refractivity contribution in [3.8, 4) is 17.2 Å². The molecule has 3 atom stereocenters. The minimum atomic E-state index is -3.56. The fraction of sp³-hybridized carbons (Fsp3) is 0.478. The normalized spacial score (nSPS) is 24.3. The van der Waals surface area contributed by atoms with Crippen molar-refractivity contribution in [2.24, 2.45) is 5.92 Å². The summed E-state index contributed by atoms with van der Waals surface area (Å²) in [4.78, 5) is 0.343. The zero-order chi connectivity index (χ0) is 22.7. The third-order valence-electron chi connectivity index (χ3n) is 5.87. The van der Waals surface area contributed by atoms with E-state index >= 15 is 0 Å². The molecule has 2 heterocycles. The predicted molar refractivity (Wildman–Crippen MR) is 129 cm³/mol. The van der Waals surface area contributed by atoms with Crippen molar-refractivity contribution < 1.29 is 27.4 Å². The van der Waals surface area contributed by atoms with Crippen LogP contribution in [0.25, 0.3) is 0 Å². The van der Waals surface area contributed by atoms with E-state index in [1.165, 1.54) is 0 Å². The lowest BCUT2D eigenvalue weighted by Crippen LogP contribution is -2.36. The molecule has 0 N–H and O–H groups in total. The van der Waals surface area contributed by atoms with E-state index in [2.05, 4.69) is 0 Å². The molecular formula is C23H28O6S3. The maximum absolute atomic E-state index is 13.6. The molecule has 2 aliphatic rings. The number of thioether (sulfide) groups is 2. The Morgan fingerprint density at radius 3 is 2.12 bits per heavy atom. The van der Waals surface area contributed by atoms with Gasteiger partial charge in [0, 0.05) is 5.92 Å². The Balaban J connectivity index is 1.77. The first-order valence-electron chi connectivity index (χ1n) is 10.4. The second-order valence-corrected chi connectivity index (χ2v) is 12.6. The van der Waals surface area contributed by atoms with Crippen molar-refractivity contribution in [1.82, 2.24) is 0 Å². The molecule has 174 valence electrons. The lowest BCUT2D eigenvalue weighted by Gasteiger charge is -2.33. The molecule has 2 aromatic carbocycles. The number of methoxy groups -OCH3 is 3. The van der Waals surface area contributed by atoms with Crippen LogP contribution in [0.1, 0.15) is 18.1 Å². The summed E-state index contributed by atoms with van der Waals surface area (Å²) in [6.45, 7) is 0.154. The van der Waals surface area contributed by atoms with Crippen molar-refractivity contribution in [3.05, 3.63) is 48.0 Å². The molecule has 0 radical (unpaired) electrons. The molecule has 2 aromatic rings. The minimum Gasteiger partial charge on any atom is -0.493 e. The van der Waals surface area contributed by atoms with Crippen LogP contribution in [0.15, 0.2) is 47.4 Å². The SMILES string of the molecule is COc1cc([C@H]2OC[C@H](S(=O)(=O)c3ccccc3)[C@@H]2C2SCCCS2)cc(OC)c1OC. The number of benzene rings is 2. The van der Waals surface area contributed by atoms with Gasteiger partial charge in [-0.2, -0.15) is 0 Å². The van der Waals surface area contributed by atoms with Crippen LogP contribution in [0, 0.1) is 5.92 Å². The van der Waals surface area contributed by atoms with Crippen molar-refractivity contribution in [2.75, 3.05) is 39.4 Å². The zero-order valence-electron chi connectivity index (χ0n) is 18.4. The average Bonchev–Trinajstić information content (AvgIpc) is 3.30. The molecule has 6 nitrogen and oxygen atoms in total. The topological polar surface area (TPSA) is 71.1 Å². The van der Waals surface area contributed by atoms with Gasteiger partial charge in [-0.1, -0.05) is 18.2 Å². The van der Waals surface area contributed by atoms with Crippen LogP contribution >= 0.6 is 23.5 Å². The van der Waals surface area contributed by atoms with Gasteiger partial charge in [0.15, 0.2) is 21.3 Å². The van der Waals surface area contributed by atoms with E-state index < -0.39 is 21.2 Å². The molecule has 2 aliphatic heterocycles. The first-order chi connectivity index (χ1) is 15.5. The van der Waals surface area contributed by atoms with E-state index in [0.717, 1.165) is 23.5 Å². The molecule has 32 heavy (non-hydrogen) atoms. The lowest BCUT2D eigenvalue weighted by atomic mass is 9.95. The van der Waals surface area contributed by atoms with E-state index in [0.29, 0.717) is 22.1 Å². The molecular weight excluding hydrogens is 468 g/mol. The molecule has 0 saturated carbocycles. The average molecular weight is 497 g/mol. The quantitative estimate of drug-likeness (QED) is 0.557. The van der Waals surface area contributed by atoms with Crippen molar-refractivity contribution in [3.63, 3.8) is 0 Å². The van der Waals surface area contributed by atoms with Gasteiger partial charge in [0.25, 0.3) is 0 Å².